The number of hydrogen-bond donors (Lipinski definition) is 5. The molecule has 0 saturated carbocycles. The minimum atomic E-state index is -2.17. The predicted molar refractivity (Wildman–Crippen MR) is 37.5 cm³/mol. The summed E-state index contributed by atoms with van der Waals surface area (Å²) < 4.78 is 0. The molecular weight excluding hydrogens is 137 g/mol. The zero-order chi connectivity index (χ0) is 8.78. The lowest BCUT2D eigenvalue weighted by atomic mass is 10.2. The second kappa shape index (κ2) is 5.63. The second-order valence-electron chi connectivity index (χ2n) is 2.06. The van der Waals surface area contributed by atoms with Crippen molar-refractivity contribution in [2.24, 2.45) is 5.73 Å². The first-order valence-corrected chi connectivity index (χ1v) is 2.85. The summed E-state index contributed by atoms with van der Waals surface area (Å²) in [7, 11) is -2.17. The SMILES string of the molecule is CCC(C)(N)O.OB(O)O. The van der Waals surface area contributed by atoms with Crippen LogP contribution in [-0.2, 0) is 0 Å². The molecule has 6 N–H and O–H groups in total. The molecule has 0 heterocycles. The van der Waals surface area contributed by atoms with Crippen LogP contribution in [0.4, 0.5) is 0 Å². The van der Waals surface area contributed by atoms with E-state index in [1.807, 2.05) is 6.92 Å². The van der Waals surface area contributed by atoms with Gasteiger partial charge in [0, 0.05) is 0 Å². The average Bonchev–Trinajstić information content (AvgIpc) is 1.63. The van der Waals surface area contributed by atoms with Crippen LogP contribution in [0.15, 0.2) is 0 Å². The van der Waals surface area contributed by atoms with E-state index in [9.17, 15) is 0 Å². The third-order valence-corrected chi connectivity index (χ3v) is 0.716. The van der Waals surface area contributed by atoms with Crippen LogP contribution in [0.1, 0.15) is 20.3 Å². The van der Waals surface area contributed by atoms with E-state index < -0.39 is 13.0 Å². The van der Waals surface area contributed by atoms with E-state index in [0.29, 0.717) is 6.42 Å². The molecule has 0 aromatic carbocycles. The number of aliphatic hydroxyl groups is 1. The van der Waals surface area contributed by atoms with Gasteiger partial charge in [0.25, 0.3) is 0 Å². The molecule has 5 nitrogen and oxygen atoms in total. The number of rotatable bonds is 1. The largest absolute Gasteiger partial charge is 0.631 e. The Bertz CT molecular complexity index is 69.4. The molecule has 1 unspecified atom stereocenters. The van der Waals surface area contributed by atoms with Gasteiger partial charge in [-0.05, 0) is 13.3 Å². The highest BCUT2D eigenvalue weighted by Gasteiger charge is 2.06. The molecule has 0 rings (SSSR count). The molecule has 0 aliphatic carbocycles. The molecule has 0 spiro atoms. The summed E-state index contributed by atoms with van der Waals surface area (Å²) in [6.45, 7) is 3.41. The van der Waals surface area contributed by atoms with Crippen molar-refractivity contribution >= 4 is 7.32 Å². The van der Waals surface area contributed by atoms with Gasteiger partial charge in [-0.3, -0.25) is 0 Å². The Morgan fingerprint density at radius 3 is 1.50 bits per heavy atom. The van der Waals surface area contributed by atoms with Gasteiger partial charge in [0.2, 0.25) is 0 Å². The van der Waals surface area contributed by atoms with Crippen LogP contribution in [0, 0.1) is 0 Å². The van der Waals surface area contributed by atoms with Gasteiger partial charge in [-0.15, -0.1) is 0 Å². The molecule has 10 heavy (non-hydrogen) atoms. The topological polar surface area (TPSA) is 107 Å². The maximum atomic E-state index is 8.60. The lowest BCUT2D eigenvalue weighted by molar-refractivity contribution is 0.0632. The van der Waals surface area contributed by atoms with Gasteiger partial charge in [-0.1, -0.05) is 6.92 Å². The minimum Gasteiger partial charge on any atom is -0.402 e. The standard InChI is InChI=1S/C4H11NO.BH3O3/c1-3-4(2,5)6;2-1(3)4/h6H,3,5H2,1-2H3;2-4H. The lowest BCUT2D eigenvalue weighted by Crippen LogP contribution is -2.34. The van der Waals surface area contributed by atoms with Crippen LogP contribution in [-0.4, -0.2) is 33.2 Å². The van der Waals surface area contributed by atoms with Gasteiger partial charge in [0.05, 0.1) is 0 Å². The fourth-order valence-electron chi connectivity index (χ4n) is 0. The van der Waals surface area contributed by atoms with Crippen molar-refractivity contribution in [3.63, 3.8) is 0 Å². The third kappa shape index (κ3) is 45.2. The smallest absolute Gasteiger partial charge is 0.402 e. The normalized spacial score (nSPS) is 14.7. The molecule has 1 atom stereocenters. The fourth-order valence-corrected chi connectivity index (χ4v) is 0. The van der Waals surface area contributed by atoms with Gasteiger partial charge >= 0.3 is 7.32 Å². The van der Waals surface area contributed by atoms with E-state index in [1.54, 1.807) is 6.92 Å². The Labute approximate surface area is 60.3 Å². The van der Waals surface area contributed by atoms with E-state index >= 15 is 0 Å². The first-order chi connectivity index (χ1) is 4.29. The summed E-state index contributed by atoms with van der Waals surface area (Å²) >= 11 is 0. The highest BCUT2D eigenvalue weighted by molar-refractivity contribution is 6.30. The van der Waals surface area contributed by atoms with Crippen LogP contribution in [0.2, 0.25) is 0 Å². The summed E-state index contributed by atoms with van der Waals surface area (Å²) in [5.74, 6) is 0. The van der Waals surface area contributed by atoms with Crippen molar-refractivity contribution in [1.29, 1.82) is 0 Å². The van der Waals surface area contributed by atoms with Crippen molar-refractivity contribution in [2.45, 2.75) is 26.0 Å². The highest BCUT2D eigenvalue weighted by Crippen LogP contribution is 1.94. The Hall–Kier alpha value is -0.135. The van der Waals surface area contributed by atoms with Gasteiger partial charge in [-0.2, -0.15) is 0 Å². The minimum absolute atomic E-state index is 0.604. The van der Waals surface area contributed by atoms with Crippen LogP contribution < -0.4 is 5.73 Å². The monoisotopic (exact) mass is 151 g/mol. The van der Waals surface area contributed by atoms with Crippen molar-refractivity contribution in [3.8, 4) is 0 Å². The highest BCUT2D eigenvalue weighted by atomic mass is 16.5. The van der Waals surface area contributed by atoms with Gasteiger partial charge < -0.3 is 25.9 Å². The Morgan fingerprint density at radius 1 is 1.40 bits per heavy atom. The molecule has 0 aromatic heterocycles. The fraction of sp³-hybridized carbons (Fsp3) is 1.00. The molecule has 0 aliphatic heterocycles. The average molecular weight is 151 g/mol. The van der Waals surface area contributed by atoms with Crippen LogP contribution >= 0.6 is 0 Å². The summed E-state index contributed by atoms with van der Waals surface area (Å²) in [6.07, 6.45) is 0.604. The molecule has 62 valence electrons. The summed E-state index contributed by atoms with van der Waals surface area (Å²) in [5.41, 5.74) is 4.13. The number of hydrogen-bond acceptors (Lipinski definition) is 5. The van der Waals surface area contributed by atoms with Crippen LogP contribution in [0.5, 0.6) is 0 Å². The third-order valence-electron chi connectivity index (χ3n) is 0.716. The van der Waals surface area contributed by atoms with Crippen molar-refractivity contribution in [1.82, 2.24) is 0 Å². The van der Waals surface area contributed by atoms with Crippen molar-refractivity contribution < 1.29 is 20.2 Å². The molecule has 0 aromatic rings. The molecular formula is C4H14BNO4. The quantitative estimate of drug-likeness (QED) is 0.220. The Morgan fingerprint density at radius 2 is 1.50 bits per heavy atom. The molecule has 0 amide bonds. The first kappa shape index (κ1) is 12.5. The molecule has 0 saturated heterocycles. The van der Waals surface area contributed by atoms with Crippen molar-refractivity contribution in [3.05, 3.63) is 0 Å². The first-order valence-electron chi connectivity index (χ1n) is 2.85. The van der Waals surface area contributed by atoms with E-state index in [0.717, 1.165) is 0 Å². The van der Waals surface area contributed by atoms with E-state index in [1.165, 1.54) is 0 Å². The van der Waals surface area contributed by atoms with Crippen molar-refractivity contribution in [2.75, 3.05) is 0 Å². The van der Waals surface area contributed by atoms with E-state index in [2.05, 4.69) is 0 Å². The van der Waals surface area contributed by atoms with Crippen LogP contribution in [0.25, 0.3) is 0 Å². The molecule has 0 bridgehead atoms. The maximum absolute atomic E-state index is 8.60. The summed E-state index contributed by atoms with van der Waals surface area (Å²) in [6, 6.07) is 0. The van der Waals surface area contributed by atoms with Gasteiger partial charge in [0.1, 0.15) is 5.72 Å². The zero-order valence-electron chi connectivity index (χ0n) is 6.15. The van der Waals surface area contributed by atoms with E-state index in [4.69, 9.17) is 25.9 Å². The van der Waals surface area contributed by atoms with Gasteiger partial charge in [-0.25, -0.2) is 0 Å². The maximum Gasteiger partial charge on any atom is 0.631 e. The molecule has 6 heteroatoms. The zero-order valence-corrected chi connectivity index (χ0v) is 6.15. The lowest BCUT2D eigenvalue weighted by Gasteiger charge is -2.11. The molecule has 0 aliphatic rings. The summed E-state index contributed by atoms with van der Waals surface area (Å²) in [4.78, 5) is 0. The second-order valence-corrected chi connectivity index (χ2v) is 2.06. The van der Waals surface area contributed by atoms with E-state index in [-0.39, 0.29) is 0 Å². The molecule has 0 radical (unpaired) electrons. The predicted octanol–water partition coefficient (Wildman–Crippen LogP) is -1.99. The Balaban J connectivity index is 0. The molecule has 0 fully saturated rings. The summed E-state index contributed by atoms with van der Waals surface area (Å²) in [5, 5.41) is 30.1. The van der Waals surface area contributed by atoms with Gasteiger partial charge in [0.15, 0.2) is 0 Å². The Kier molecular flexibility index (Phi) is 7.06. The number of nitrogens with two attached hydrogens (primary N) is 1. The van der Waals surface area contributed by atoms with Crippen LogP contribution in [0.3, 0.4) is 0 Å².